The standard InChI is InChI=1S/C32H26N2/c1-33-19-15-23(16-20-33)3-5-25-7-9-27-11-12-28-10-8-26(6-4-24-17-21-34(2)22-18-24)30-14-13-29(25)31(27)32(28)30/h3-22H,1-2H3/q+2/b5-3+,6-4+. The zero-order chi connectivity index (χ0) is 23.1. The lowest BCUT2D eigenvalue weighted by atomic mass is 9.89. The smallest absolute Gasteiger partial charge is 0.169 e. The molecular weight excluding hydrogens is 412 g/mol. The SMILES string of the molecule is C[n+]1ccc(/C=C/c2ccc3ccc4ccc(/C=C/c5cc[n+](C)cc5)c5ccc2c3c45)cc1. The van der Waals surface area contributed by atoms with Crippen LogP contribution in [0.3, 0.4) is 0 Å². The average Bonchev–Trinajstić information content (AvgIpc) is 2.87. The molecule has 0 saturated heterocycles. The molecule has 2 nitrogen and oxygen atoms in total. The van der Waals surface area contributed by atoms with Gasteiger partial charge in [-0.25, -0.2) is 9.13 Å². The molecule has 162 valence electrons. The first kappa shape index (κ1) is 20.3. The lowest BCUT2D eigenvalue weighted by molar-refractivity contribution is -0.671. The maximum Gasteiger partial charge on any atom is 0.169 e. The van der Waals surface area contributed by atoms with Crippen molar-refractivity contribution in [2.45, 2.75) is 0 Å². The summed E-state index contributed by atoms with van der Waals surface area (Å²) in [4.78, 5) is 0. The second-order valence-electron chi connectivity index (χ2n) is 8.99. The van der Waals surface area contributed by atoms with E-state index in [2.05, 4.69) is 131 Å². The van der Waals surface area contributed by atoms with E-state index in [9.17, 15) is 0 Å². The van der Waals surface area contributed by atoms with Crippen LogP contribution in [0.15, 0.2) is 97.6 Å². The number of aryl methyl sites for hydroxylation is 2. The molecule has 0 fully saturated rings. The average molecular weight is 439 g/mol. The molecule has 2 heteroatoms. The molecule has 2 aromatic heterocycles. The van der Waals surface area contributed by atoms with E-state index in [1.807, 2.05) is 14.1 Å². The molecule has 0 N–H and O–H groups in total. The van der Waals surface area contributed by atoms with Crippen molar-refractivity contribution in [1.82, 2.24) is 0 Å². The van der Waals surface area contributed by atoms with Crippen LogP contribution in [-0.2, 0) is 14.1 Å². The van der Waals surface area contributed by atoms with Gasteiger partial charge >= 0.3 is 0 Å². The Balaban J connectivity index is 1.49. The lowest BCUT2D eigenvalue weighted by Gasteiger charge is -2.14. The molecule has 6 aromatic rings. The topological polar surface area (TPSA) is 7.76 Å². The van der Waals surface area contributed by atoms with Crippen molar-refractivity contribution in [3.8, 4) is 0 Å². The largest absolute Gasteiger partial charge is 0.208 e. The van der Waals surface area contributed by atoms with Gasteiger partial charge in [-0.15, -0.1) is 0 Å². The van der Waals surface area contributed by atoms with Crippen molar-refractivity contribution in [2.75, 3.05) is 0 Å². The minimum absolute atomic E-state index is 1.20. The van der Waals surface area contributed by atoms with E-state index in [1.54, 1.807) is 0 Å². The molecule has 0 bridgehead atoms. The van der Waals surface area contributed by atoms with Crippen LogP contribution in [0.2, 0.25) is 0 Å². The second-order valence-corrected chi connectivity index (χ2v) is 8.99. The summed E-state index contributed by atoms with van der Waals surface area (Å²) in [5.74, 6) is 0. The van der Waals surface area contributed by atoms with E-state index < -0.39 is 0 Å². The van der Waals surface area contributed by atoms with Crippen molar-refractivity contribution in [1.29, 1.82) is 0 Å². The first-order valence-electron chi connectivity index (χ1n) is 11.6. The summed E-state index contributed by atoms with van der Waals surface area (Å²) in [5, 5.41) is 7.86. The highest BCUT2D eigenvalue weighted by Crippen LogP contribution is 2.38. The van der Waals surface area contributed by atoms with E-state index in [-0.39, 0.29) is 0 Å². The number of pyridine rings is 2. The molecule has 0 aliphatic rings. The van der Waals surface area contributed by atoms with Crippen LogP contribution in [0, 0.1) is 0 Å². The van der Waals surface area contributed by atoms with Crippen LogP contribution in [0.25, 0.3) is 56.6 Å². The Morgan fingerprint density at radius 1 is 0.441 bits per heavy atom. The van der Waals surface area contributed by atoms with E-state index in [1.165, 1.54) is 54.6 Å². The fourth-order valence-corrected chi connectivity index (χ4v) is 4.76. The van der Waals surface area contributed by atoms with Gasteiger partial charge in [-0.2, -0.15) is 0 Å². The maximum atomic E-state index is 2.29. The number of aromatic nitrogens is 2. The third-order valence-electron chi connectivity index (χ3n) is 6.65. The highest BCUT2D eigenvalue weighted by molar-refractivity contribution is 6.25. The Morgan fingerprint density at radius 2 is 0.824 bits per heavy atom. The first-order chi connectivity index (χ1) is 16.7. The summed E-state index contributed by atoms with van der Waals surface area (Å²) < 4.78 is 4.11. The van der Waals surface area contributed by atoms with Gasteiger partial charge in [0.25, 0.3) is 0 Å². The maximum absolute atomic E-state index is 2.29. The summed E-state index contributed by atoms with van der Waals surface area (Å²) in [6.45, 7) is 0. The van der Waals surface area contributed by atoms with E-state index >= 15 is 0 Å². The third kappa shape index (κ3) is 3.64. The van der Waals surface area contributed by atoms with Gasteiger partial charge in [0.15, 0.2) is 24.8 Å². The molecular formula is C32H26N2+2. The molecule has 0 aliphatic heterocycles. The van der Waals surface area contributed by atoms with Gasteiger partial charge in [-0.3, -0.25) is 0 Å². The number of benzene rings is 4. The summed E-state index contributed by atoms with van der Waals surface area (Å²) in [5.41, 5.74) is 4.89. The molecule has 4 aromatic carbocycles. The molecule has 0 atom stereocenters. The summed E-state index contributed by atoms with van der Waals surface area (Å²) in [6, 6.07) is 26.6. The fourth-order valence-electron chi connectivity index (χ4n) is 4.76. The predicted octanol–water partition coefficient (Wildman–Crippen LogP) is 6.57. The minimum Gasteiger partial charge on any atom is -0.208 e. The highest BCUT2D eigenvalue weighted by Gasteiger charge is 2.11. The molecule has 0 radical (unpaired) electrons. The Labute approximate surface area is 199 Å². The highest BCUT2D eigenvalue weighted by atomic mass is 14.9. The molecule has 34 heavy (non-hydrogen) atoms. The number of hydrogen-bond donors (Lipinski definition) is 0. The zero-order valence-corrected chi connectivity index (χ0v) is 19.4. The minimum atomic E-state index is 1.20. The van der Waals surface area contributed by atoms with Crippen LogP contribution in [-0.4, -0.2) is 0 Å². The molecule has 0 aliphatic carbocycles. The van der Waals surface area contributed by atoms with Crippen molar-refractivity contribution >= 4 is 56.6 Å². The Morgan fingerprint density at radius 3 is 1.24 bits per heavy atom. The van der Waals surface area contributed by atoms with Crippen molar-refractivity contribution in [2.24, 2.45) is 14.1 Å². The molecule has 2 heterocycles. The van der Waals surface area contributed by atoms with Crippen LogP contribution in [0.4, 0.5) is 0 Å². The Kier molecular flexibility index (Phi) is 4.92. The van der Waals surface area contributed by atoms with E-state index in [0.29, 0.717) is 0 Å². The second kappa shape index (κ2) is 8.24. The molecule has 6 rings (SSSR count). The summed E-state index contributed by atoms with van der Waals surface area (Å²) in [6.07, 6.45) is 17.2. The Bertz CT molecular complexity index is 1560. The van der Waals surface area contributed by atoms with Crippen molar-refractivity contribution in [3.63, 3.8) is 0 Å². The third-order valence-corrected chi connectivity index (χ3v) is 6.65. The van der Waals surface area contributed by atoms with Gasteiger partial charge in [-0.1, -0.05) is 72.8 Å². The van der Waals surface area contributed by atoms with E-state index in [0.717, 1.165) is 0 Å². The van der Waals surface area contributed by atoms with Gasteiger partial charge in [0.05, 0.1) is 0 Å². The normalized spacial score (nSPS) is 12.2. The molecule has 0 unspecified atom stereocenters. The van der Waals surface area contributed by atoms with Gasteiger partial charge in [-0.05, 0) is 54.6 Å². The summed E-state index contributed by atoms with van der Waals surface area (Å²) >= 11 is 0. The van der Waals surface area contributed by atoms with Crippen LogP contribution < -0.4 is 9.13 Å². The number of hydrogen-bond acceptors (Lipinski definition) is 0. The van der Waals surface area contributed by atoms with Crippen LogP contribution >= 0.6 is 0 Å². The van der Waals surface area contributed by atoms with E-state index in [4.69, 9.17) is 0 Å². The quantitative estimate of drug-likeness (QED) is 0.217. The van der Waals surface area contributed by atoms with Gasteiger partial charge < -0.3 is 0 Å². The fraction of sp³-hybridized carbons (Fsp3) is 0.0625. The molecule has 0 saturated carbocycles. The lowest BCUT2D eigenvalue weighted by Crippen LogP contribution is -2.25. The van der Waals surface area contributed by atoms with Crippen molar-refractivity contribution < 1.29 is 9.13 Å². The Hall–Kier alpha value is -4.30. The van der Waals surface area contributed by atoms with Gasteiger partial charge in [0.1, 0.15) is 14.1 Å². The number of nitrogens with zero attached hydrogens (tertiary/aromatic N) is 2. The summed E-state index contributed by atoms with van der Waals surface area (Å²) in [7, 11) is 4.08. The van der Waals surface area contributed by atoms with Gasteiger partial charge in [0.2, 0.25) is 0 Å². The first-order valence-corrected chi connectivity index (χ1v) is 11.6. The van der Waals surface area contributed by atoms with Crippen LogP contribution in [0.1, 0.15) is 22.3 Å². The number of rotatable bonds is 4. The zero-order valence-electron chi connectivity index (χ0n) is 19.4. The predicted molar refractivity (Wildman–Crippen MR) is 143 cm³/mol. The monoisotopic (exact) mass is 438 g/mol. The van der Waals surface area contributed by atoms with Crippen LogP contribution in [0.5, 0.6) is 0 Å². The van der Waals surface area contributed by atoms with Crippen molar-refractivity contribution in [3.05, 3.63) is 120 Å². The van der Waals surface area contributed by atoms with Gasteiger partial charge in [0, 0.05) is 24.3 Å². The molecule has 0 amide bonds. The molecule has 0 spiro atoms.